The molecule has 0 amide bonds. The molecule has 0 aliphatic carbocycles. The van der Waals surface area contributed by atoms with Gasteiger partial charge in [0.25, 0.3) is 0 Å². The topological polar surface area (TPSA) is 114 Å². The Hall–Kier alpha value is -4.14. The maximum atomic E-state index is 13.4. The summed E-state index contributed by atoms with van der Waals surface area (Å²) in [5, 5.41) is 29.7. The van der Waals surface area contributed by atoms with E-state index in [0.29, 0.717) is 28.5 Å². The average Bonchev–Trinajstić information content (AvgIpc) is 3.33. The summed E-state index contributed by atoms with van der Waals surface area (Å²) in [7, 11) is 3.00. The zero-order valence-corrected chi connectivity index (χ0v) is 20.4. The van der Waals surface area contributed by atoms with Crippen LogP contribution in [-0.2, 0) is 13.2 Å². The first-order chi connectivity index (χ1) is 17.4. The Labute approximate surface area is 209 Å². The number of hydrogen-bond acceptors (Lipinski definition) is 7. The fraction of sp³-hybridized carbons (Fsp3) is 0.214. The van der Waals surface area contributed by atoms with Gasteiger partial charge < -0.3 is 24.8 Å². The van der Waals surface area contributed by atoms with Crippen LogP contribution in [0.15, 0.2) is 60.7 Å². The van der Waals surface area contributed by atoms with E-state index in [-0.39, 0.29) is 36.0 Å². The van der Waals surface area contributed by atoms with Crippen LogP contribution in [0, 0.1) is 0 Å². The van der Waals surface area contributed by atoms with Crippen molar-refractivity contribution in [3.8, 4) is 51.2 Å². The third kappa shape index (κ3) is 4.56. The highest BCUT2D eigenvalue weighted by Gasteiger charge is 2.26. The van der Waals surface area contributed by atoms with Crippen LogP contribution in [0.5, 0.6) is 17.2 Å². The molecule has 1 heterocycles. The molecule has 0 bridgehead atoms. The van der Waals surface area contributed by atoms with Gasteiger partial charge in [-0.05, 0) is 42.0 Å². The van der Waals surface area contributed by atoms with Gasteiger partial charge in [-0.1, -0.05) is 31.2 Å². The number of rotatable bonds is 8. The molecule has 0 saturated heterocycles. The monoisotopic (exact) mass is 488 g/mol. The summed E-state index contributed by atoms with van der Waals surface area (Å²) in [5.74, 6) is 0.839. The molecule has 186 valence electrons. The predicted molar refractivity (Wildman–Crippen MR) is 136 cm³/mol. The maximum Gasteiger partial charge on any atom is 0.232 e. The molecule has 3 aromatic carbocycles. The third-order valence-electron chi connectivity index (χ3n) is 6.01. The Kier molecular flexibility index (Phi) is 7.38. The van der Waals surface area contributed by atoms with Crippen molar-refractivity contribution >= 4 is 5.91 Å². The maximum absolute atomic E-state index is 13.4. The van der Waals surface area contributed by atoms with Crippen molar-refractivity contribution in [2.45, 2.75) is 26.6 Å². The molecule has 0 spiro atoms. The molecule has 0 aliphatic rings. The number of benzene rings is 3. The second-order valence-electron chi connectivity index (χ2n) is 8.14. The predicted octanol–water partition coefficient (Wildman–Crippen LogP) is 4.64. The Bertz CT molecular complexity index is 1350. The fourth-order valence-electron chi connectivity index (χ4n) is 4.07. The van der Waals surface area contributed by atoms with Crippen LogP contribution >= 0.6 is 0 Å². The van der Waals surface area contributed by atoms with E-state index in [9.17, 15) is 20.1 Å². The number of aliphatic hydroxyl groups excluding tert-OH is 2. The molecule has 0 aliphatic heterocycles. The number of ether oxygens (including phenoxy) is 2. The Morgan fingerprint density at radius 1 is 0.889 bits per heavy atom. The molecule has 3 N–H and O–H groups in total. The van der Waals surface area contributed by atoms with Crippen molar-refractivity contribution in [1.82, 2.24) is 9.55 Å². The first-order valence-electron chi connectivity index (χ1n) is 11.5. The van der Waals surface area contributed by atoms with E-state index >= 15 is 0 Å². The summed E-state index contributed by atoms with van der Waals surface area (Å²) in [6.45, 7) is 1.27. The van der Waals surface area contributed by atoms with Gasteiger partial charge in [-0.3, -0.25) is 9.36 Å². The molecular formula is C28H28N2O6. The molecular weight excluding hydrogens is 460 g/mol. The van der Waals surface area contributed by atoms with Crippen molar-refractivity contribution in [2.75, 3.05) is 14.2 Å². The van der Waals surface area contributed by atoms with Gasteiger partial charge in [-0.2, -0.15) is 0 Å². The van der Waals surface area contributed by atoms with Crippen molar-refractivity contribution in [2.24, 2.45) is 0 Å². The SMILES string of the molecule is CCC(=O)n1c(-c2cc(CO)c(O)c(OC)c2)nc(-c2ccc(CO)cc2)c1-c1ccc(OC)cc1. The quantitative estimate of drug-likeness (QED) is 0.331. The summed E-state index contributed by atoms with van der Waals surface area (Å²) >= 11 is 0. The fourth-order valence-corrected chi connectivity index (χ4v) is 4.07. The molecule has 36 heavy (non-hydrogen) atoms. The van der Waals surface area contributed by atoms with Crippen LogP contribution in [0.25, 0.3) is 33.9 Å². The number of carbonyl (C=O) groups is 1. The van der Waals surface area contributed by atoms with Gasteiger partial charge in [-0.25, -0.2) is 4.98 Å². The van der Waals surface area contributed by atoms with Crippen LogP contribution in [0.3, 0.4) is 0 Å². The standard InChI is InChI=1S/C28H28N2O6/c1-4-24(33)30-26(19-9-11-22(35-2)12-10-19)25(18-7-5-17(15-31)6-8-18)29-28(30)20-13-21(16-32)27(34)23(14-20)36-3/h5-14,31-32,34H,4,15-16H2,1-3H3. The van der Waals surface area contributed by atoms with E-state index < -0.39 is 6.61 Å². The van der Waals surface area contributed by atoms with E-state index in [1.54, 1.807) is 42.9 Å². The zero-order valence-electron chi connectivity index (χ0n) is 20.4. The Morgan fingerprint density at radius 3 is 2.11 bits per heavy atom. The normalized spacial score (nSPS) is 10.9. The van der Waals surface area contributed by atoms with Gasteiger partial charge in [-0.15, -0.1) is 0 Å². The molecule has 0 radical (unpaired) electrons. The number of nitrogens with zero attached hydrogens (tertiary/aromatic N) is 2. The number of carbonyl (C=O) groups excluding carboxylic acids is 1. The summed E-state index contributed by atoms with van der Waals surface area (Å²) in [6, 6.07) is 17.8. The van der Waals surface area contributed by atoms with Gasteiger partial charge in [0.15, 0.2) is 11.5 Å². The van der Waals surface area contributed by atoms with E-state index in [1.165, 1.54) is 7.11 Å². The van der Waals surface area contributed by atoms with Crippen molar-refractivity contribution in [3.63, 3.8) is 0 Å². The van der Waals surface area contributed by atoms with E-state index in [2.05, 4.69) is 0 Å². The first-order valence-corrected chi connectivity index (χ1v) is 11.5. The lowest BCUT2D eigenvalue weighted by molar-refractivity contribution is 0.0912. The van der Waals surface area contributed by atoms with Crippen LogP contribution in [0.2, 0.25) is 0 Å². The van der Waals surface area contributed by atoms with E-state index in [0.717, 1.165) is 16.7 Å². The molecule has 1 aromatic heterocycles. The largest absolute Gasteiger partial charge is 0.504 e. The molecule has 0 saturated carbocycles. The van der Waals surface area contributed by atoms with Crippen LogP contribution in [-0.4, -0.2) is 45.0 Å². The molecule has 8 heteroatoms. The molecule has 0 unspecified atom stereocenters. The van der Waals surface area contributed by atoms with Gasteiger partial charge in [0.05, 0.1) is 38.8 Å². The highest BCUT2D eigenvalue weighted by Crippen LogP contribution is 2.40. The highest BCUT2D eigenvalue weighted by molar-refractivity contribution is 5.94. The van der Waals surface area contributed by atoms with Crippen LogP contribution in [0.1, 0.15) is 29.3 Å². The minimum absolute atomic E-state index is 0.0864. The number of aromatic nitrogens is 2. The van der Waals surface area contributed by atoms with Crippen molar-refractivity contribution in [1.29, 1.82) is 0 Å². The molecule has 4 aromatic rings. The third-order valence-corrected chi connectivity index (χ3v) is 6.01. The van der Waals surface area contributed by atoms with Gasteiger partial charge >= 0.3 is 0 Å². The Balaban J connectivity index is 2.06. The summed E-state index contributed by atoms with van der Waals surface area (Å²) < 4.78 is 12.2. The van der Waals surface area contributed by atoms with Crippen molar-refractivity contribution in [3.05, 3.63) is 71.8 Å². The van der Waals surface area contributed by atoms with Crippen LogP contribution < -0.4 is 9.47 Å². The number of aromatic hydroxyl groups is 1. The molecule has 0 atom stereocenters. The lowest BCUT2D eigenvalue weighted by Crippen LogP contribution is -2.12. The second kappa shape index (κ2) is 10.6. The summed E-state index contributed by atoms with van der Waals surface area (Å²) in [6.07, 6.45) is 0.220. The number of methoxy groups -OCH3 is 2. The minimum atomic E-state index is -0.417. The van der Waals surface area contributed by atoms with E-state index in [4.69, 9.17) is 14.5 Å². The number of phenols is 1. The molecule has 4 rings (SSSR count). The highest BCUT2D eigenvalue weighted by atomic mass is 16.5. The summed E-state index contributed by atoms with van der Waals surface area (Å²) in [4.78, 5) is 18.3. The number of imidazole rings is 1. The smallest absolute Gasteiger partial charge is 0.232 e. The first kappa shape index (κ1) is 25.0. The number of aliphatic hydroxyl groups is 2. The van der Waals surface area contributed by atoms with Gasteiger partial charge in [0, 0.05) is 28.7 Å². The minimum Gasteiger partial charge on any atom is -0.504 e. The average molecular weight is 489 g/mol. The van der Waals surface area contributed by atoms with Crippen LogP contribution in [0.4, 0.5) is 0 Å². The lowest BCUT2D eigenvalue weighted by Gasteiger charge is -2.14. The van der Waals surface area contributed by atoms with Gasteiger partial charge in [0.2, 0.25) is 5.91 Å². The van der Waals surface area contributed by atoms with E-state index in [1.807, 2.05) is 36.4 Å². The van der Waals surface area contributed by atoms with Gasteiger partial charge in [0.1, 0.15) is 11.6 Å². The second-order valence-corrected chi connectivity index (χ2v) is 8.14. The zero-order chi connectivity index (χ0) is 25.8. The Morgan fingerprint density at radius 2 is 1.56 bits per heavy atom. The molecule has 8 nitrogen and oxygen atoms in total. The summed E-state index contributed by atoms with van der Waals surface area (Å²) in [5.41, 5.74) is 4.18. The lowest BCUT2D eigenvalue weighted by atomic mass is 10.0. The number of hydrogen-bond donors (Lipinski definition) is 3. The van der Waals surface area contributed by atoms with Crippen molar-refractivity contribution < 1.29 is 29.6 Å². The molecule has 0 fully saturated rings.